The summed E-state index contributed by atoms with van der Waals surface area (Å²) in [6, 6.07) is 23.4. The van der Waals surface area contributed by atoms with Crippen LogP contribution in [0.3, 0.4) is 0 Å². The van der Waals surface area contributed by atoms with E-state index in [-0.39, 0.29) is 16.1 Å². The number of hydrogen-bond acceptors (Lipinski definition) is 6. The molecule has 1 unspecified atom stereocenters. The summed E-state index contributed by atoms with van der Waals surface area (Å²) in [5.41, 5.74) is 3.53. The van der Waals surface area contributed by atoms with Crippen molar-refractivity contribution in [3.8, 4) is 11.5 Å². The van der Waals surface area contributed by atoms with E-state index in [9.17, 15) is 17.4 Å². The zero-order valence-corrected chi connectivity index (χ0v) is 23.5. The number of carbonyl (C=O) groups excluding carboxylic acids is 1. The van der Waals surface area contributed by atoms with Gasteiger partial charge in [-0.15, -0.1) is 0 Å². The lowest BCUT2D eigenvalue weighted by Gasteiger charge is -2.15. The minimum atomic E-state index is -3.94. The number of methoxy groups -OCH3 is 1. The summed E-state index contributed by atoms with van der Waals surface area (Å²) in [7, 11) is -4.16. The lowest BCUT2D eigenvalue weighted by atomic mass is 10.1. The van der Waals surface area contributed by atoms with Crippen LogP contribution in [0.15, 0.2) is 94.7 Å². The summed E-state index contributed by atoms with van der Waals surface area (Å²) in [5.74, 6) is 0.0522. The molecule has 0 heterocycles. The second-order valence-electron chi connectivity index (χ2n) is 8.88. The van der Waals surface area contributed by atoms with Crippen LogP contribution in [0.1, 0.15) is 27.0 Å². The third-order valence-electron chi connectivity index (χ3n) is 5.84. The van der Waals surface area contributed by atoms with Crippen molar-refractivity contribution in [2.75, 3.05) is 16.6 Å². The lowest BCUT2D eigenvalue weighted by molar-refractivity contribution is 0.0601. The molecule has 0 aliphatic carbocycles. The van der Waals surface area contributed by atoms with Gasteiger partial charge in [0.1, 0.15) is 22.5 Å². The quantitative estimate of drug-likeness (QED) is 0.237. The summed E-state index contributed by atoms with van der Waals surface area (Å²) in [4.78, 5) is 13.2. The number of ether oxygens (including phenoxy) is 2. The number of anilines is 2. The topological polar surface area (TPSA) is 111 Å². The van der Waals surface area contributed by atoms with Crippen LogP contribution < -0.4 is 14.2 Å². The normalized spacial score (nSPS) is 11.9. The van der Waals surface area contributed by atoms with Crippen LogP contribution in [0.5, 0.6) is 11.5 Å². The van der Waals surface area contributed by atoms with Gasteiger partial charge in [-0.1, -0.05) is 35.4 Å². The van der Waals surface area contributed by atoms with Gasteiger partial charge in [-0.2, -0.15) is 0 Å². The van der Waals surface area contributed by atoms with Crippen LogP contribution in [0.4, 0.5) is 11.4 Å². The van der Waals surface area contributed by atoms with E-state index in [4.69, 9.17) is 9.47 Å². The zero-order valence-electron chi connectivity index (χ0n) is 21.8. The van der Waals surface area contributed by atoms with Crippen LogP contribution in [0, 0.1) is 20.8 Å². The van der Waals surface area contributed by atoms with Gasteiger partial charge in [0.15, 0.2) is 0 Å². The molecule has 0 aromatic heterocycles. The van der Waals surface area contributed by atoms with Crippen LogP contribution in [-0.2, 0) is 25.7 Å². The maximum Gasteiger partial charge on any atom is 0.340 e. The van der Waals surface area contributed by atoms with E-state index in [1.165, 1.54) is 31.4 Å². The van der Waals surface area contributed by atoms with Crippen molar-refractivity contribution < 1.29 is 26.9 Å². The molecular formula is C29H28N2O6S2. The van der Waals surface area contributed by atoms with E-state index in [1.807, 2.05) is 45.0 Å². The summed E-state index contributed by atoms with van der Waals surface area (Å²) < 4.78 is 54.7. The van der Waals surface area contributed by atoms with Gasteiger partial charge >= 0.3 is 5.97 Å². The number of sulfonamides is 1. The first-order valence-corrected chi connectivity index (χ1v) is 14.5. The number of rotatable bonds is 9. The van der Waals surface area contributed by atoms with Crippen molar-refractivity contribution in [2.45, 2.75) is 30.6 Å². The lowest BCUT2D eigenvalue weighted by Crippen LogP contribution is -2.16. The molecule has 4 aromatic carbocycles. The van der Waals surface area contributed by atoms with Gasteiger partial charge in [-0.3, -0.25) is 4.72 Å². The number of carbonyl (C=O) groups is 1. The zero-order chi connectivity index (χ0) is 28.2. The molecule has 0 aliphatic heterocycles. The highest BCUT2D eigenvalue weighted by molar-refractivity contribution is 7.92. The smallest absolute Gasteiger partial charge is 0.340 e. The maximum absolute atomic E-state index is 12.9. The van der Waals surface area contributed by atoms with E-state index in [0.29, 0.717) is 22.1 Å². The number of nitrogens with one attached hydrogen (secondary N) is 2. The maximum atomic E-state index is 12.9. The van der Waals surface area contributed by atoms with E-state index >= 15 is 0 Å². The van der Waals surface area contributed by atoms with E-state index < -0.39 is 27.0 Å². The molecule has 0 bridgehead atoms. The molecule has 202 valence electrons. The molecule has 4 rings (SSSR count). The van der Waals surface area contributed by atoms with Crippen LogP contribution in [-0.4, -0.2) is 25.7 Å². The average Bonchev–Trinajstić information content (AvgIpc) is 2.91. The first-order chi connectivity index (χ1) is 18.6. The highest BCUT2D eigenvalue weighted by Crippen LogP contribution is 2.31. The Morgan fingerprint density at radius 2 is 1.33 bits per heavy atom. The third-order valence-corrected chi connectivity index (χ3v) is 8.33. The predicted molar refractivity (Wildman–Crippen MR) is 152 cm³/mol. The Morgan fingerprint density at radius 1 is 0.769 bits per heavy atom. The Balaban J connectivity index is 1.53. The fraction of sp³-hybridized carbons (Fsp3) is 0.138. The molecule has 10 heteroatoms. The molecule has 0 amide bonds. The van der Waals surface area contributed by atoms with Crippen LogP contribution >= 0.6 is 0 Å². The Hall–Kier alpha value is -4.15. The number of esters is 1. The van der Waals surface area contributed by atoms with Gasteiger partial charge in [0, 0.05) is 5.69 Å². The van der Waals surface area contributed by atoms with E-state index in [2.05, 4.69) is 9.44 Å². The van der Waals surface area contributed by atoms with Crippen molar-refractivity contribution in [3.05, 3.63) is 107 Å². The van der Waals surface area contributed by atoms with Crippen LogP contribution in [0.2, 0.25) is 0 Å². The van der Waals surface area contributed by atoms with Crippen molar-refractivity contribution in [2.24, 2.45) is 0 Å². The molecular weight excluding hydrogens is 536 g/mol. The molecule has 0 saturated carbocycles. The number of hydrogen-bond donors (Lipinski definition) is 2. The molecule has 0 saturated heterocycles. The van der Waals surface area contributed by atoms with E-state index in [1.54, 1.807) is 36.4 Å². The number of aryl methyl sites for hydroxylation is 3. The Kier molecular flexibility index (Phi) is 8.37. The highest BCUT2D eigenvalue weighted by atomic mass is 32.2. The molecule has 4 aromatic rings. The molecule has 2 N–H and O–H groups in total. The van der Waals surface area contributed by atoms with Gasteiger partial charge in [0.2, 0.25) is 0 Å². The minimum absolute atomic E-state index is 0.00538. The number of benzene rings is 4. The molecule has 1 atom stereocenters. The minimum Gasteiger partial charge on any atom is -0.465 e. The molecule has 0 spiro atoms. The van der Waals surface area contributed by atoms with Crippen molar-refractivity contribution >= 4 is 38.4 Å². The predicted octanol–water partition coefficient (Wildman–Crippen LogP) is 6.13. The van der Waals surface area contributed by atoms with Crippen LogP contribution in [0.25, 0.3) is 0 Å². The summed E-state index contributed by atoms with van der Waals surface area (Å²) in [6.45, 7) is 5.68. The third kappa shape index (κ3) is 6.84. The van der Waals surface area contributed by atoms with Gasteiger partial charge < -0.3 is 14.2 Å². The molecule has 39 heavy (non-hydrogen) atoms. The second kappa shape index (κ2) is 11.7. The first-order valence-electron chi connectivity index (χ1n) is 11.9. The molecule has 0 aliphatic rings. The monoisotopic (exact) mass is 564 g/mol. The standard InChI is InChI=1S/C29H28N2O6S2/c1-19-5-11-24(12-6-19)38(33)30-27-15-9-22(17-21(27)3)37-23-10-16-28(26(18-23)29(32)36-4)31-39(34,35)25-13-7-20(2)8-14-25/h5-18,30-31H,1-4H3. The molecule has 0 fully saturated rings. The fourth-order valence-electron chi connectivity index (χ4n) is 3.65. The second-order valence-corrected chi connectivity index (χ2v) is 11.8. The van der Waals surface area contributed by atoms with E-state index in [0.717, 1.165) is 16.7 Å². The average molecular weight is 565 g/mol. The Labute approximate surface area is 230 Å². The molecule has 0 radical (unpaired) electrons. The summed E-state index contributed by atoms with van der Waals surface area (Å²) >= 11 is 0. The summed E-state index contributed by atoms with van der Waals surface area (Å²) in [5, 5.41) is 0. The van der Waals surface area contributed by atoms with Crippen molar-refractivity contribution in [1.29, 1.82) is 0 Å². The fourth-order valence-corrected chi connectivity index (χ4v) is 5.66. The Morgan fingerprint density at radius 3 is 1.92 bits per heavy atom. The largest absolute Gasteiger partial charge is 0.465 e. The van der Waals surface area contributed by atoms with Gasteiger partial charge in [0.25, 0.3) is 10.0 Å². The Bertz CT molecular complexity index is 1630. The first kappa shape index (κ1) is 27.9. The highest BCUT2D eigenvalue weighted by Gasteiger charge is 2.20. The van der Waals surface area contributed by atoms with Gasteiger partial charge in [0.05, 0.1) is 28.2 Å². The van der Waals surface area contributed by atoms with Gasteiger partial charge in [-0.05, 0) is 87.0 Å². The van der Waals surface area contributed by atoms with Gasteiger partial charge in [-0.25, -0.2) is 17.4 Å². The van der Waals surface area contributed by atoms with Crippen molar-refractivity contribution in [3.63, 3.8) is 0 Å². The van der Waals surface area contributed by atoms with Crippen molar-refractivity contribution in [1.82, 2.24) is 0 Å². The summed E-state index contributed by atoms with van der Waals surface area (Å²) in [6.07, 6.45) is 0. The molecule has 8 nitrogen and oxygen atoms in total. The SMILES string of the molecule is COC(=O)c1cc(Oc2ccc(NS(=O)c3ccc(C)cc3)c(C)c2)ccc1NS(=O)(=O)c1ccc(C)cc1.